The van der Waals surface area contributed by atoms with Gasteiger partial charge in [0.15, 0.2) is 0 Å². The van der Waals surface area contributed by atoms with Crippen LogP contribution >= 0.6 is 0 Å². The molecule has 0 aliphatic carbocycles. The van der Waals surface area contributed by atoms with Crippen molar-refractivity contribution in [3.63, 3.8) is 0 Å². The molecule has 1 N–H and O–H groups in total. The van der Waals surface area contributed by atoms with Gasteiger partial charge in [-0.2, -0.15) is 8.42 Å². The van der Waals surface area contributed by atoms with Crippen molar-refractivity contribution in [2.24, 2.45) is 0 Å². The molecule has 6 nitrogen and oxygen atoms in total. The van der Waals surface area contributed by atoms with E-state index in [2.05, 4.69) is 5.32 Å². The summed E-state index contributed by atoms with van der Waals surface area (Å²) in [6.07, 6.45) is 1.04. The molecule has 0 atom stereocenters. The van der Waals surface area contributed by atoms with E-state index in [1.54, 1.807) is 24.3 Å². The lowest BCUT2D eigenvalue weighted by Gasteiger charge is -2.08. The van der Waals surface area contributed by atoms with Gasteiger partial charge in [-0.05, 0) is 55.3 Å². The molecule has 0 aliphatic rings. The molecule has 132 valence electrons. The summed E-state index contributed by atoms with van der Waals surface area (Å²) in [5, 5.41) is 2.46. The third-order valence-electron chi connectivity index (χ3n) is 3.53. The van der Waals surface area contributed by atoms with Gasteiger partial charge in [0.1, 0.15) is 16.4 Å². The van der Waals surface area contributed by atoms with Gasteiger partial charge in [-0.15, -0.1) is 0 Å². The molecule has 2 aromatic rings. The van der Waals surface area contributed by atoms with Crippen LogP contribution in [0.3, 0.4) is 0 Å². The fourth-order valence-corrected chi connectivity index (χ4v) is 3.05. The van der Waals surface area contributed by atoms with Gasteiger partial charge in [0.2, 0.25) is 0 Å². The molecule has 2 rings (SSSR count). The molecule has 0 saturated carbocycles. The molecule has 0 saturated heterocycles. The van der Waals surface area contributed by atoms with Crippen LogP contribution in [-0.4, -0.2) is 27.2 Å². The molecule has 0 spiro atoms. The average Bonchev–Trinajstić information content (AvgIpc) is 2.60. The third kappa shape index (κ3) is 5.15. The van der Waals surface area contributed by atoms with E-state index in [0.29, 0.717) is 18.4 Å². The number of rotatable bonds is 7. The fourth-order valence-electron chi connectivity index (χ4n) is 2.12. The van der Waals surface area contributed by atoms with Crippen molar-refractivity contribution in [2.45, 2.75) is 24.7 Å². The zero-order valence-corrected chi connectivity index (χ0v) is 14.8. The molecule has 0 unspecified atom stereocenters. The van der Waals surface area contributed by atoms with Crippen LogP contribution in [0.25, 0.3) is 0 Å². The van der Waals surface area contributed by atoms with Gasteiger partial charge in [0, 0.05) is 19.0 Å². The minimum absolute atomic E-state index is 0.0409. The van der Waals surface area contributed by atoms with Gasteiger partial charge >= 0.3 is 10.1 Å². The Morgan fingerprint density at radius 1 is 1.00 bits per heavy atom. The Morgan fingerprint density at radius 3 is 2.12 bits per heavy atom. The standard InChI is InChI=1S/C18H19NO5S/c1-13(20)3-4-14-5-9-16(10-6-14)24-25(22,23)17-11-7-15(8-12-17)18(21)19-2/h5-12H,3-4H2,1-2H3,(H,19,21). The number of aryl methyl sites for hydroxylation is 1. The monoisotopic (exact) mass is 361 g/mol. The summed E-state index contributed by atoms with van der Waals surface area (Å²) in [5.41, 5.74) is 1.28. The zero-order chi connectivity index (χ0) is 18.4. The number of hydrogen-bond acceptors (Lipinski definition) is 5. The lowest BCUT2D eigenvalue weighted by atomic mass is 10.1. The highest BCUT2D eigenvalue weighted by Crippen LogP contribution is 2.20. The van der Waals surface area contributed by atoms with Gasteiger partial charge in [-0.3, -0.25) is 4.79 Å². The highest BCUT2D eigenvalue weighted by Gasteiger charge is 2.17. The number of Topliss-reactive ketones (excluding diaryl/α,β-unsaturated/α-hetero) is 1. The van der Waals surface area contributed by atoms with Gasteiger partial charge in [-0.1, -0.05) is 12.1 Å². The second-order valence-electron chi connectivity index (χ2n) is 5.49. The first-order chi connectivity index (χ1) is 11.8. The molecule has 0 radical (unpaired) electrons. The zero-order valence-electron chi connectivity index (χ0n) is 14.0. The molecular weight excluding hydrogens is 342 g/mol. The van der Waals surface area contributed by atoms with Crippen molar-refractivity contribution >= 4 is 21.8 Å². The molecule has 1 amide bonds. The lowest BCUT2D eigenvalue weighted by Crippen LogP contribution is -2.18. The summed E-state index contributed by atoms with van der Waals surface area (Å²) in [4.78, 5) is 22.4. The maximum atomic E-state index is 12.3. The van der Waals surface area contributed by atoms with E-state index in [4.69, 9.17) is 4.18 Å². The van der Waals surface area contributed by atoms with Crippen molar-refractivity contribution in [1.82, 2.24) is 5.32 Å². The molecule has 25 heavy (non-hydrogen) atoms. The number of amides is 1. The Labute approximate surface area is 146 Å². The molecule has 0 heterocycles. The van der Waals surface area contributed by atoms with Crippen molar-refractivity contribution in [1.29, 1.82) is 0 Å². The predicted octanol–water partition coefficient (Wildman–Crippen LogP) is 2.34. The molecule has 2 aromatic carbocycles. The first-order valence-corrected chi connectivity index (χ1v) is 9.07. The van der Waals surface area contributed by atoms with E-state index in [9.17, 15) is 18.0 Å². The number of carbonyl (C=O) groups is 2. The first kappa shape index (κ1) is 18.7. The minimum atomic E-state index is -3.99. The third-order valence-corrected chi connectivity index (χ3v) is 4.79. The van der Waals surface area contributed by atoms with E-state index in [-0.39, 0.29) is 22.3 Å². The Bertz CT molecular complexity index is 855. The first-order valence-electron chi connectivity index (χ1n) is 7.67. The average molecular weight is 361 g/mol. The highest BCUT2D eigenvalue weighted by atomic mass is 32.2. The Kier molecular flexibility index (Phi) is 5.93. The van der Waals surface area contributed by atoms with Crippen LogP contribution in [0.2, 0.25) is 0 Å². The Balaban J connectivity index is 2.10. The minimum Gasteiger partial charge on any atom is -0.379 e. The second kappa shape index (κ2) is 7.94. The number of benzene rings is 2. The van der Waals surface area contributed by atoms with E-state index in [1.807, 2.05) is 0 Å². The summed E-state index contributed by atoms with van der Waals surface area (Å²) in [6, 6.07) is 12.0. The summed E-state index contributed by atoms with van der Waals surface area (Å²) in [7, 11) is -2.49. The number of carbonyl (C=O) groups excluding carboxylic acids is 2. The number of ketones is 1. The second-order valence-corrected chi connectivity index (χ2v) is 7.03. The summed E-state index contributed by atoms with van der Waals surface area (Å²) in [5.74, 6) is -0.0175. The molecule has 0 aromatic heterocycles. The van der Waals surface area contributed by atoms with Gasteiger partial charge in [0.25, 0.3) is 5.91 Å². The van der Waals surface area contributed by atoms with Crippen LogP contribution in [0.4, 0.5) is 0 Å². The predicted molar refractivity (Wildman–Crippen MR) is 93.1 cm³/mol. The normalized spacial score (nSPS) is 11.0. The van der Waals surface area contributed by atoms with Gasteiger partial charge in [0.05, 0.1) is 0 Å². The van der Waals surface area contributed by atoms with Crippen molar-refractivity contribution in [3.05, 3.63) is 59.7 Å². The van der Waals surface area contributed by atoms with Crippen LogP contribution < -0.4 is 9.50 Å². The molecular formula is C18H19NO5S. The number of nitrogens with one attached hydrogen (secondary N) is 1. The van der Waals surface area contributed by atoms with Crippen LogP contribution in [0.1, 0.15) is 29.3 Å². The van der Waals surface area contributed by atoms with Crippen LogP contribution in [0.5, 0.6) is 5.75 Å². The maximum Gasteiger partial charge on any atom is 0.339 e. The van der Waals surface area contributed by atoms with Crippen LogP contribution in [0.15, 0.2) is 53.4 Å². The quantitative estimate of drug-likeness (QED) is 0.765. The number of hydrogen-bond donors (Lipinski definition) is 1. The Hall–Kier alpha value is -2.67. The molecule has 7 heteroatoms. The molecule has 0 bridgehead atoms. The van der Waals surface area contributed by atoms with Gasteiger partial charge in [-0.25, -0.2) is 0 Å². The smallest absolute Gasteiger partial charge is 0.339 e. The van der Waals surface area contributed by atoms with Crippen LogP contribution in [-0.2, 0) is 21.3 Å². The van der Waals surface area contributed by atoms with Crippen molar-refractivity contribution < 1.29 is 22.2 Å². The SMILES string of the molecule is CNC(=O)c1ccc(S(=O)(=O)Oc2ccc(CCC(C)=O)cc2)cc1. The summed E-state index contributed by atoms with van der Waals surface area (Å²) < 4.78 is 29.7. The summed E-state index contributed by atoms with van der Waals surface area (Å²) >= 11 is 0. The van der Waals surface area contributed by atoms with Crippen LogP contribution in [0, 0.1) is 0 Å². The van der Waals surface area contributed by atoms with E-state index in [1.165, 1.54) is 38.2 Å². The van der Waals surface area contributed by atoms with Gasteiger partial charge < -0.3 is 14.3 Å². The van der Waals surface area contributed by atoms with E-state index < -0.39 is 10.1 Å². The largest absolute Gasteiger partial charge is 0.379 e. The molecule has 0 aliphatic heterocycles. The van der Waals surface area contributed by atoms with E-state index in [0.717, 1.165) is 5.56 Å². The maximum absolute atomic E-state index is 12.3. The fraction of sp³-hybridized carbons (Fsp3) is 0.222. The lowest BCUT2D eigenvalue weighted by molar-refractivity contribution is -0.116. The Morgan fingerprint density at radius 2 is 1.60 bits per heavy atom. The van der Waals surface area contributed by atoms with Crippen molar-refractivity contribution in [2.75, 3.05) is 7.05 Å². The van der Waals surface area contributed by atoms with Crippen molar-refractivity contribution in [3.8, 4) is 5.75 Å². The highest BCUT2D eigenvalue weighted by molar-refractivity contribution is 7.87. The summed E-state index contributed by atoms with van der Waals surface area (Å²) in [6.45, 7) is 1.53. The molecule has 0 fully saturated rings. The topological polar surface area (TPSA) is 89.5 Å². The van der Waals surface area contributed by atoms with E-state index >= 15 is 0 Å².